The molecule has 0 heterocycles. The second kappa shape index (κ2) is 5.35. The summed E-state index contributed by atoms with van der Waals surface area (Å²) in [7, 11) is 0. The fourth-order valence-corrected chi connectivity index (χ4v) is 1.97. The second-order valence-electron chi connectivity index (χ2n) is 4.14. The Balaban J connectivity index is 2.66. The molecule has 4 heteroatoms. The van der Waals surface area contributed by atoms with E-state index in [1.165, 1.54) is 6.92 Å². The molecule has 96 valence electrons. The topological polar surface area (TPSA) is 72.2 Å². The summed E-state index contributed by atoms with van der Waals surface area (Å²) in [6.45, 7) is 1.42. The number of benzene rings is 2. The lowest BCUT2D eigenvalue weighted by atomic mass is 9.97. The van der Waals surface area contributed by atoms with Gasteiger partial charge in [-0.15, -0.1) is 0 Å². The predicted octanol–water partition coefficient (Wildman–Crippen LogP) is 2.41. The van der Waals surface area contributed by atoms with E-state index in [1.807, 2.05) is 30.3 Å². The fourth-order valence-electron chi connectivity index (χ4n) is 1.97. The molecule has 2 amide bonds. The van der Waals surface area contributed by atoms with Gasteiger partial charge in [0.2, 0.25) is 11.8 Å². The highest BCUT2D eigenvalue weighted by Gasteiger charge is 2.14. The summed E-state index contributed by atoms with van der Waals surface area (Å²) in [5.74, 6) is -0.718. The second-order valence-corrected chi connectivity index (χ2v) is 4.14. The maximum Gasteiger partial charge on any atom is 0.249 e. The molecule has 0 atom stereocenters. The Morgan fingerprint density at radius 2 is 1.68 bits per heavy atom. The average Bonchev–Trinajstić information content (AvgIpc) is 2.38. The van der Waals surface area contributed by atoms with Crippen LogP contribution < -0.4 is 11.1 Å². The van der Waals surface area contributed by atoms with Crippen LogP contribution in [0.25, 0.3) is 11.1 Å². The van der Waals surface area contributed by atoms with Gasteiger partial charge in [-0.3, -0.25) is 9.59 Å². The van der Waals surface area contributed by atoms with Gasteiger partial charge in [0, 0.05) is 23.7 Å². The van der Waals surface area contributed by atoms with Gasteiger partial charge in [-0.1, -0.05) is 36.4 Å². The van der Waals surface area contributed by atoms with Crippen molar-refractivity contribution in [3.8, 4) is 11.1 Å². The molecular formula is C15H14N2O2. The molecule has 19 heavy (non-hydrogen) atoms. The fraction of sp³-hybridized carbons (Fsp3) is 0.0667. The van der Waals surface area contributed by atoms with Crippen molar-refractivity contribution in [2.75, 3.05) is 5.32 Å². The van der Waals surface area contributed by atoms with Crippen molar-refractivity contribution >= 4 is 17.5 Å². The van der Waals surface area contributed by atoms with Gasteiger partial charge in [0.25, 0.3) is 0 Å². The zero-order valence-electron chi connectivity index (χ0n) is 10.5. The Labute approximate surface area is 111 Å². The minimum atomic E-state index is -0.522. The molecule has 0 radical (unpaired) electrons. The van der Waals surface area contributed by atoms with Crippen LogP contribution >= 0.6 is 0 Å². The summed E-state index contributed by atoms with van der Waals surface area (Å²) in [6.07, 6.45) is 0. The summed E-state index contributed by atoms with van der Waals surface area (Å²) >= 11 is 0. The molecule has 0 aliphatic heterocycles. The van der Waals surface area contributed by atoms with E-state index in [9.17, 15) is 9.59 Å². The Morgan fingerprint density at radius 1 is 1.00 bits per heavy atom. The largest absolute Gasteiger partial charge is 0.366 e. The average molecular weight is 254 g/mol. The van der Waals surface area contributed by atoms with Gasteiger partial charge in [0.1, 0.15) is 0 Å². The van der Waals surface area contributed by atoms with Crippen molar-refractivity contribution < 1.29 is 9.59 Å². The highest BCUT2D eigenvalue weighted by atomic mass is 16.1. The van der Waals surface area contributed by atoms with Crippen LogP contribution in [0.3, 0.4) is 0 Å². The van der Waals surface area contributed by atoms with Crippen molar-refractivity contribution in [1.82, 2.24) is 0 Å². The van der Waals surface area contributed by atoms with Gasteiger partial charge in [-0.05, 0) is 17.7 Å². The molecule has 0 aliphatic rings. The van der Waals surface area contributed by atoms with E-state index in [0.29, 0.717) is 16.8 Å². The van der Waals surface area contributed by atoms with Crippen LogP contribution in [-0.4, -0.2) is 11.8 Å². The number of anilines is 1. The SMILES string of the molecule is CC(=O)Nc1cccc(C(N)=O)c1-c1ccccc1. The van der Waals surface area contributed by atoms with Gasteiger partial charge in [-0.2, -0.15) is 0 Å². The number of hydrogen-bond donors (Lipinski definition) is 2. The summed E-state index contributed by atoms with van der Waals surface area (Å²) in [5, 5.41) is 2.72. The Kier molecular flexibility index (Phi) is 3.61. The quantitative estimate of drug-likeness (QED) is 0.882. The number of hydrogen-bond acceptors (Lipinski definition) is 2. The molecule has 0 bridgehead atoms. The van der Waals surface area contributed by atoms with Crippen molar-refractivity contribution in [1.29, 1.82) is 0 Å². The number of carbonyl (C=O) groups excluding carboxylic acids is 2. The molecule has 0 saturated carbocycles. The third-order valence-corrected chi connectivity index (χ3v) is 2.70. The first-order valence-electron chi connectivity index (χ1n) is 5.85. The van der Waals surface area contributed by atoms with Crippen LogP contribution in [0.15, 0.2) is 48.5 Å². The Morgan fingerprint density at radius 3 is 2.26 bits per heavy atom. The summed E-state index contributed by atoms with van der Waals surface area (Å²) in [4.78, 5) is 22.8. The van der Waals surface area contributed by atoms with E-state index in [-0.39, 0.29) is 5.91 Å². The van der Waals surface area contributed by atoms with Crippen LogP contribution in [0, 0.1) is 0 Å². The van der Waals surface area contributed by atoms with Crippen LogP contribution in [0.4, 0.5) is 5.69 Å². The first kappa shape index (κ1) is 12.8. The Hall–Kier alpha value is -2.62. The van der Waals surface area contributed by atoms with E-state index in [4.69, 9.17) is 5.73 Å². The normalized spacial score (nSPS) is 9.95. The maximum absolute atomic E-state index is 11.5. The van der Waals surface area contributed by atoms with Gasteiger partial charge < -0.3 is 11.1 Å². The molecule has 3 N–H and O–H groups in total. The van der Waals surface area contributed by atoms with Gasteiger partial charge in [-0.25, -0.2) is 0 Å². The van der Waals surface area contributed by atoms with E-state index in [2.05, 4.69) is 5.32 Å². The zero-order chi connectivity index (χ0) is 13.8. The van der Waals surface area contributed by atoms with Crippen LogP contribution in [0.1, 0.15) is 17.3 Å². The smallest absolute Gasteiger partial charge is 0.249 e. The molecule has 2 rings (SSSR count). The molecule has 0 aliphatic carbocycles. The standard InChI is InChI=1S/C15H14N2O2/c1-10(18)17-13-9-5-8-12(15(16)19)14(13)11-6-3-2-4-7-11/h2-9H,1H3,(H2,16,19)(H,17,18). The molecule has 0 aromatic heterocycles. The molecule has 4 nitrogen and oxygen atoms in total. The summed E-state index contributed by atoms with van der Waals surface area (Å²) in [5.41, 5.74) is 7.84. The number of nitrogens with one attached hydrogen (secondary N) is 1. The van der Waals surface area contributed by atoms with Crippen molar-refractivity contribution in [3.05, 3.63) is 54.1 Å². The van der Waals surface area contributed by atoms with Gasteiger partial charge >= 0.3 is 0 Å². The molecule has 0 fully saturated rings. The van der Waals surface area contributed by atoms with Crippen LogP contribution in [-0.2, 0) is 4.79 Å². The molecular weight excluding hydrogens is 240 g/mol. The molecule has 0 unspecified atom stereocenters. The third-order valence-electron chi connectivity index (χ3n) is 2.70. The zero-order valence-corrected chi connectivity index (χ0v) is 10.5. The minimum absolute atomic E-state index is 0.196. The number of primary amides is 1. The van der Waals surface area contributed by atoms with Crippen molar-refractivity contribution in [3.63, 3.8) is 0 Å². The van der Waals surface area contributed by atoms with E-state index < -0.39 is 5.91 Å². The van der Waals surface area contributed by atoms with Crippen LogP contribution in [0.2, 0.25) is 0 Å². The monoisotopic (exact) mass is 254 g/mol. The summed E-state index contributed by atoms with van der Waals surface area (Å²) in [6, 6.07) is 14.4. The lowest BCUT2D eigenvalue weighted by molar-refractivity contribution is -0.114. The molecule has 2 aromatic carbocycles. The van der Waals surface area contributed by atoms with Gasteiger partial charge in [0.15, 0.2) is 0 Å². The number of carbonyl (C=O) groups is 2. The predicted molar refractivity (Wildman–Crippen MR) is 74.7 cm³/mol. The lowest BCUT2D eigenvalue weighted by Crippen LogP contribution is -2.15. The van der Waals surface area contributed by atoms with Gasteiger partial charge in [0.05, 0.1) is 0 Å². The highest BCUT2D eigenvalue weighted by Crippen LogP contribution is 2.31. The maximum atomic E-state index is 11.5. The first-order valence-corrected chi connectivity index (χ1v) is 5.85. The summed E-state index contributed by atoms with van der Waals surface area (Å²) < 4.78 is 0. The lowest BCUT2D eigenvalue weighted by Gasteiger charge is -2.13. The highest BCUT2D eigenvalue weighted by molar-refractivity contribution is 6.05. The van der Waals surface area contributed by atoms with Crippen molar-refractivity contribution in [2.24, 2.45) is 5.73 Å². The Bertz CT molecular complexity index is 621. The first-order chi connectivity index (χ1) is 9.09. The minimum Gasteiger partial charge on any atom is -0.366 e. The molecule has 0 spiro atoms. The molecule has 0 saturated heterocycles. The van der Waals surface area contributed by atoms with E-state index >= 15 is 0 Å². The van der Waals surface area contributed by atoms with E-state index in [0.717, 1.165) is 5.56 Å². The molecule has 2 aromatic rings. The van der Waals surface area contributed by atoms with E-state index in [1.54, 1.807) is 18.2 Å². The number of nitrogens with two attached hydrogens (primary N) is 1. The number of rotatable bonds is 3. The van der Waals surface area contributed by atoms with Crippen LogP contribution in [0.5, 0.6) is 0 Å². The third kappa shape index (κ3) is 2.80. The number of amides is 2. The van der Waals surface area contributed by atoms with Crippen molar-refractivity contribution in [2.45, 2.75) is 6.92 Å².